The first-order valence-electron chi connectivity index (χ1n) is 5.99. The Morgan fingerprint density at radius 1 is 1.44 bits per heavy atom. The van der Waals surface area contributed by atoms with Crippen LogP contribution in [0.15, 0.2) is 16.6 Å². The Kier molecular flexibility index (Phi) is 5.83. The van der Waals surface area contributed by atoms with Gasteiger partial charge in [0.15, 0.2) is 0 Å². The summed E-state index contributed by atoms with van der Waals surface area (Å²) in [7, 11) is 0. The van der Waals surface area contributed by atoms with Crippen molar-refractivity contribution >= 4 is 11.7 Å². The number of carbonyl (C=O) groups is 1. The lowest BCUT2D eigenvalue weighted by Gasteiger charge is -2.11. The summed E-state index contributed by atoms with van der Waals surface area (Å²) < 4.78 is 4.86. The minimum absolute atomic E-state index is 0.222. The number of esters is 1. The van der Waals surface area contributed by atoms with Gasteiger partial charge >= 0.3 is 5.97 Å². The third kappa shape index (κ3) is 5.69. The summed E-state index contributed by atoms with van der Waals surface area (Å²) in [6.45, 7) is 4.91. The van der Waals surface area contributed by atoms with Crippen LogP contribution in [-0.2, 0) is 9.53 Å². The predicted molar refractivity (Wildman–Crippen MR) is 65.8 cm³/mol. The Morgan fingerprint density at radius 2 is 2.25 bits per heavy atom. The Bertz CT molecular complexity index is 292. The van der Waals surface area contributed by atoms with Gasteiger partial charge in [-0.3, -0.25) is 9.79 Å². The molecule has 90 valence electrons. The first-order valence-corrected chi connectivity index (χ1v) is 5.99. The number of rotatable bonds is 5. The van der Waals surface area contributed by atoms with Crippen LogP contribution in [0.1, 0.15) is 46.0 Å². The summed E-state index contributed by atoms with van der Waals surface area (Å²) in [6.07, 6.45) is 7.75. The fraction of sp³-hybridized carbons (Fsp3) is 0.692. The summed E-state index contributed by atoms with van der Waals surface area (Å²) in [5, 5.41) is 0. The zero-order chi connectivity index (χ0) is 11.8. The smallest absolute Gasteiger partial charge is 0.302 e. The molecule has 1 aliphatic heterocycles. The molecule has 0 saturated heterocycles. The summed E-state index contributed by atoms with van der Waals surface area (Å²) in [6, 6.07) is 0. The van der Waals surface area contributed by atoms with Gasteiger partial charge < -0.3 is 4.74 Å². The second-order valence-corrected chi connectivity index (χ2v) is 4.26. The first-order chi connectivity index (χ1) is 7.68. The first kappa shape index (κ1) is 12.9. The van der Waals surface area contributed by atoms with Gasteiger partial charge in [-0.05, 0) is 45.1 Å². The summed E-state index contributed by atoms with van der Waals surface area (Å²) >= 11 is 0. The van der Waals surface area contributed by atoms with Crippen LogP contribution in [-0.4, -0.2) is 24.8 Å². The van der Waals surface area contributed by atoms with Crippen molar-refractivity contribution in [3.8, 4) is 0 Å². The van der Waals surface area contributed by atoms with E-state index in [2.05, 4.69) is 11.9 Å². The number of allylic oxidation sites excluding steroid dienone is 1. The largest absolute Gasteiger partial charge is 0.462 e. The van der Waals surface area contributed by atoms with E-state index in [1.54, 1.807) is 0 Å². The van der Waals surface area contributed by atoms with Crippen LogP contribution in [0.25, 0.3) is 0 Å². The van der Waals surface area contributed by atoms with E-state index in [9.17, 15) is 4.79 Å². The molecule has 1 rings (SSSR count). The van der Waals surface area contributed by atoms with Crippen LogP contribution in [0.4, 0.5) is 0 Å². The molecule has 1 aliphatic rings. The normalized spacial score (nSPS) is 16.9. The van der Waals surface area contributed by atoms with E-state index in [4.69, 9.17) is 4.74 Å². The minimum atomic E-state index is -0.222. The Morgan fingerprint density at radius 3 is 2.88 bits per heavy atom. The molecule has 0 saturated carbocycles. The number of nitrogens with zero attached hydrogens (tertiary/aromatic N) is 1. The fourth-order valence-electron chi connectivity index (χ4n) is 1.71. The van der Waals surface area contributed by atoms with Crippen molar-refractivity contribution in [1.82, 2.24) is 0 Å². The monoisotopic (exact) mass is 223 g/mol. The fourth-order valence-corrected chi connectivity index (χ4v) is 1.71. The van der Waals surface area contributed by atoms with Crippen molar-refractivity contribution < 1.29 is 9.53 Å². The molecule has 0 N–H and O–H groups in total. The predicted octanol–water partition coefficient (Wildman–Crippen LogP) is 2.90. The van der Waals surface area contributed by atoms with Gasteiger partial charge in [-0.1, -0.05) is 5.57 Å². The summed E-state index contributed by atoms with van der Waals surface area (Å²) in [5.74, 6) is -0.222. The average Bonchev–Trinajstić information content (AvgIpc) is 2.27. The van der Waals surface area contributed by atoms with Crippen molar-refractivity contribution in [2.75, 3.05) is 13.2 Å². The highest BCUT2D eigenvalue weighted by Gasteiger charge is 2.04. The lowest BCUT2D eigenvalue weighted by atomic mass is 10.0. The molecule has 1 heterocycles. The van der Waals surface area contributed by atoms with Crippen molar-refractivity contribution in [3.63, 3.8) is 0 Å². The highest BCUT2D eigenvalue weighted by molar-refractivity contribution is 5.85. The third-order valence-electron chi connectivity index (χ3n) is 2.74. The molecule has 0 radical (unpaired) electrons. The molecule has 0 fully saturated rings. The molecular weight excluding hydrogens is 202 g/mol. The molecule has 0 spiro atoms. The zero-order valence-electron chi connectivity index (χ0n) is 10.3. The number of carbonyl (C=O) groups excluding carboxylic acids is 1. The molecule has 0 atom stereocenters. The highest BCUT2D eigenvalue weighted by atomic mass is 16.5. The Labute approximate surface area is 97.6 Å². The van der Waals surface area contributed by atoms with E-state index in [1.165, 1.54) is 31.1 Å². The van der Waals surface area contributed by atoms with Gasteiger partial charge in [0, 0.05) is 19.2 Å². The maximum Gasteiger partial charge on any atom is 0.302 e. The number of hydrogen-bond acceptors (Lipinski definition) is 3. The minimum Gasteiger partial charge on any atom is -0.462 e. The third-order valence-corrected chi connectivity index (χ3v) is 2.74. The molecule has 0 aromatic rings. The quantitative estimate of drug-likeness (QED) is 0.531. The molecule has 0 unspecified atom stereocenters. The maximum absolute atomic E-state index is 10.6. The van der Waals surface area contributed by atoms with E-state index in [-0.39, 0.29) is 5.97 Å². The van der Waals surface area contributed by atoms with E-state index in [1.807, 2.05) is 6.08 Å². The van der Waals surface area contributed by atoms with Gasteiger partial charge in [0.1, 0.15) is 6.61 Å². The number of hydrogen-bond donors (Lipinski definition) is 0. The molecular formula is C13H21NO2. The molecule has 0 aromatic heterocycles. The molecule has 3 heteroatoms. The second-order valence-electron chi connectivity index (χ2n) is 4.26. The average molecular weight is 223 g/mol. The molecule has 3 nitrogen and oxygen atoms in total. The number of ether oxygens (including phenoxy) is 1. The molecule has 0 aromatic carbocycles. The van der Waals surface area contributed by atoms with Gasteiger partial charge in [0.25, 0.3) is 0 Å². The van der Waals surface area contributed by atoms with Gasteiger partial charge in [0.2, 0.25) is 0 Å². The Hall–Kier alpha value is -1.12. The zero-order valence-corrected chi connectivity index (χ0v) is 10.3. The summed E-state index contributed by atoms with van der Waals surface area (Å²) in [4.78, 5) is 15.1. The van der Waals surface area contributed by atoms with Crippen LogP contribution in [0, 0.1) is 0 Å². The van der Waals surface area contributed by atoms with Crippen molar-refractivity contribution in [2.24, 2.45) is 4.99 Å². The van der Waals surface area contributed by atoms with E-state index >= 15 is 0 Å². The van der Waals surface area contributed by atoms with Crippen LogP contribution in [0.2, 0.25) is 0 Å². The van der Waals surface area contributed by atoms with Crippen LogP contribution >= 0.6 is 0 Å². The SMILES string of the molecule is CC(=O)OC/C=C(\C)CCC1=NCCCC1. The van der Waals surface area contributed by atoms with E-state index in [0.717, 1.165) is 25.8 Å². The van der Waals surface area contributed by atoms with Crippen molar-refractivity contribution in [1.29, 1.82) is 0 Å². The lowest BCUT2D eigenvalue weighted by molar-refractivity contribution is -0.139. The molecule has 0 amide bonds. The van der Waals surface area contributed by atoms with E-state index < -0.39 is 0 Å². The van der Waals surface area contributed by atoms with Crippen LogP contribution in [0.3, 0.4) is 0 Å². The van der Waals surface area contributed by atoms with Crippen LogP contribution < -0.4 is 0 Å². The number of aliphatic imine (C=N–C) groups is 1. The molecule has 0 bridgehead atoms. The summed E-state index contributed by atoms with van der Waals surface area (Å²) in [5.41, 5.74) is 2.63. The standard InChI is InChI=1S/C13H21NO2/c1-11(8-10-16-12(2)15)6-7-13-5-3-4-9-14-13/h8H,3-7,9-10H2,1-2H3/b11-8+. The second kappa shape index (κ2) is 7.20. The topological polar surface area (TPSA) is 38.7 Å². The highest BCUT2D eigenvalue weighted by Crippen LogP contribution is 2.13. The van der Waals surface area contributed by atoms with Gasteiger partial charge in [-0.15, -0.1) is 0 Å². The lowest BCUT2D eigenvalue weighted by Crippen LogP contribution is -2.06. The van der Waals surface area contributed by atoms with Gasteiger partial charge in [-0.2, -0.15) is 0 Å². The Balaban J connectivity index is 2.20. The van der Waals surface area contributed by atoms with Crippen molar-refractivity contribution in [3.05, 3.63) is 11.6 Å². The van der Waals surface area contributed by atoms with E-state index in [0.29, 0.717) is 6.61 Å². The maximum atomic E-state index is 10.6. The van der Waals surface area contributed by atoms with Crippen LogP contribution in [0.5, 0.6) is 0 Å². The van der Waals surface area contributed by atoms with Gasteiger partial charge in [0.05, 0.1) is 0 Å². The molecule has 16 heavy (non-hydrogen) atoms. The molecule has 0 aliphatic carbocycles. The van der Waals surface area contributed by atoms with Gasteiger partial charge in [-0.25, -0.2) is 0 Å². The van der Waals surface area contributed by atoms with Crippen molar-refractivity contribution in [2.45, 2.75) is 46.0 Å².